The number of hydrogen-bond donors (Lipinski definition) is 0. The largest absolute Gasteiger partial charge is 0.341 e. The number of hydrogen-bond acceptors (Lipinski definition) is 4. The van der Waals surface area contributed by atoms with Crippen LogP contribution in [0.3, 0.4) is 0 Å². The third-order valence-corrected chi connectivity index (χ3v) is 6.18. The van der Waals surface area contributed by atoms with E-state index < -0.39 is 0 Å². The summed E-state index contributed by atoms with van der Waals surface area (Å²) in [4.78, 5) is 8.92. The highest BCUT2D eigenvalue weighted by Crippen LogP contribution is 2.35. The van der Waals surface area contributed by atoms with E-state index in [-0.39, 0.29) is 0 Å². The number of benzene rings is 2. The van der Waals surface area contributed by atoms with Crippen molar-refractivity contribution in [3.8, 4) is 21.1 Å². The fourth-order valence-electron chi connectivity index (χ4n) is 3.44. The van der Waals surface area contributed by atoms with Gasteiger partial charge in [-0.1, -0.05) is 0 Å². The molecule has 0 N–H and O–H groups in total. The van der Waals surface area contributed by atoms with E-state index in [0.717, 1.165) is 16.6 Å². The molecule has 0 saturated carbocycles. The Morgan fingerprint density at radius 2 is 1.32 bits per heavy atom. The van der Waals surface area contributed by atoms with Gasteiger partial charge in [0.05, 0.1) is 0 Å². The van der Waals surface area contributed by atoms with Crippen molar-refractivity contribution < 1.29 is 0 Å². The van der Waals surface area contributed by atoms with Gasteiger partial charge in [0.2, 0.25) is 0 Å². The molecule has 0 atom stereocenters. The maximum absolute atomic E-state index is 4.46. The molecule has 0 spiro atoms. The van der Waals surface area contributed by atoms with Gasteiger partial charge >= 0.3 is 0 Å². The Morgan fingerprint density at radius 3 is 1.72 bits per heavy atom. The Labute approximate surface area is 153 Å². The lowest BCUT2D eigenvalue weighted by Gasteiger charge is -2.03. The first-order valence-electron chi connectivity index (χ1n) is 8.21. The van der Waals surface area contributed by atoms with Crippen molar-refractivity contribution in [3.63, 3.8) is 0 Å². The summed E-state index contributed by atoms with van der Waals surface area (Å²) in [5.74, 6) is 0. The van der Waals surface area contributed by atoms with E-state index in [4.69, 9.17) is 0 Å². The average Bonchev–Trinajstić information content (AvgIpc) is 3.40. The van der Waals surface area contributed by atoms with Crippen LogP contribution in [0.5, 0.6) is 0 Å². The van der Waals surface area contributed by atoms with Gasteiger partial charge in [-0.15, -0.1) is 22.7 Å². The summed E-state index contributed by atoms with van der Waals surface area (Å²) in [6.07, 6.45) is 3.72. The first-order chi connectivity index (χ1) is 12.3. The number of aryl methyl sites for hydroxylation is 1. The van der Waals surface area contributed by atoms with Crippen LogP contribution in [-0.2, 0) is 6.54 Å². The second kappa shape index (κ2) is 5.79. The Kier molecular flexibility index (Phi) is 3.43. The Morgan fingerprint density at radius 1 is 0.800 bits per heavy atom. The van der Waals surface area contributed by atoms with Gasteiger partial charge < -0.3 is 4.57 Å². The molecule has 0 amide bonds. The van der Waals surface area contributed by atoms with E-state index in [9.17, 15) is 0 Å². The number of rotatable bonds is 3. The molecule has 0 fully saturated rings. The van der Waals surface area contributed by atoms with Crippen molar-refractivity contribution in [2.75, 3.05) is 0 Å². The van der Waals surface area contributed by atoms with Crippen LogP contribution in [0.4, 0.5) is 0 Å². The highest BCUT2D eigenvalue weighted by molar-refractivity contribution is 7.13. The van der Waals surface area contributed by atoms with Crippen molar-refractivity contribution in [3.05, 3.63) is 59.6 Å². The Bertz CT molecular complexity index is 1080. The molecule has 0 aliphatic rings. The molecular weight excluding hydrogens is 346 g/mol. The van der Waals surface area contributed by atoms with Crippen LogP contribution in [0, 0.1) is 0 Å². The standard InChI is InChI=1S/C20H15N3S2/c1-2-23-17-5-3-13(19-21-7-9-24-19)11-15(17)16-12-14(4-6-18(16)23)20-22-8-10-25-20/h3-12H,2H2,1H3. The van der Waals surface area contributed by atoms with Crippen LogP contribution in [0.1, 0.15) is 6.92 Å². The van der Waals surface area contributed by atoms with Gasteiger partial charge in [0.25, 0.3) is 0 Å². The molecule has 5 rings (SSSR count). The predicted molar refractivity (Wildman–Crippen MR) is 107 cm³/mol. The molecule has 0 unspecified atom stereocenters. The monoisotopic (exact) mass is 361 g/mol. The molecule has 3 heterocycles. The highest BCUT2D eigenvalue weighted by atomic mass is 32.1. The summed E-state index contributed by atoms with van der Waals surface area (Å²) in [5, 5.41) is 8.74. The van der Waals surface area contributed by atoms with Gasteiger partial charge in [0.15, 0.2) is 0 Å². The van der Waals surface area contributed by atoms with E-state index in [1.54, 1.807) is 22.7 Å². The number of thiazole rings is 2. The van der Waals surface area contributed by atoms with Crippen LogP contribution in [0.25, 0.3) is 42.9 Å². The van der Waals surface area contributed by atoms with Gasteiger partial charge in [0, 0.05) is 62.6 Å². The smallest absolute Gasteiger partial charge is 0.123 e. The van der Waals surface area contributed by atoms with Crippen molar-refractivity contribution in [1.82, 2.24) is 14.5 Å². The topological polar surface area (TPSA) is 30.7 Å². The highest BCUT2D eigenvalue weighted by Gasteiger charge is 2.13. The molecule has 25 heavy (non-hydrogen) atoms. The van der Waals surface area contributed by atoms with E-state index in [1.165, 1.54) is 32.9 Å². The molecule has 5 heteroatoms. The molecule has 122 valence electrons. The zero-order valence-electron chi connectivity index (χ0n) is 13.6. The number of fused-ring (bicyclic) bond motifs is 3. The van der Waals surface area contributed by atoms with Crippen LogP contribution < -0.4 is 0 Å². The quantitative estimate of drug-likeness (QED) is 0.391. The molecule has 0 radical (unpaired) electrons. The third-order valence-electron chi connectivity index (χ3n) is 4.54. The summed E-state index contributed by atoms with van der Waals surface area (Å²) in [7, 11) is 0. The molecule has 3 nitrogen and oxygen atoms in total. The predicted octanol–water partition coefficient (Wildman–Crippen LogP) is 6.06. The molecule has 3 aromatic heterocycles. The number of aromatic nitrogens is 3. The Hall–Kier alpha value is -2.50. The Balaban J connectivity index is 1.82. The van der Waals surface area contributed by atoms with Gasteiger partial charge in [-0.05, 0) is 43.3 Å². The number of nitrogens with zero attached hydrogens (tertiary/aromatic N) is 3. The summed E-state index contributed by atoms with van der Waals surface area (Å²) in [6, 6.07) is 13.3. The van der Waals surface area contributed by atoms with Gasteiger partial charge in [-0.2, -0.15) is 0 Å². The SMILES string of the molecule is CCn1c2ccc(-c3nccs3)cc2c2cc(-c3nccs3)ccc21. The van der Waals surface area contributed by atoms with Crippen LogP contribution >= 0.6 is 22.7 Å². The summed E-state index contributed by atoms with van der Waals surface area (Å²) in [6.45, 7) is 3.15. The normalized spacial score (nSPS) is 11.6. The third kappa shape index (κ3) is 2.31. The zero-order chi connectivity index (χ0) is 16.8. The lowest BCUT2D eigenvalue weighted by Crippen LogP contribution is -1.92. The molecular formula is C20H15N3S2. The fourth-order valence-corrected chi connectivity index (χ4v) is 4.71. The minimum absolute atomic E-state index is 0.952. The van der Waals surface area contributed by atoms with Crippen molar-refractivity contribution in [1.29, 1.82) is 0 Å². The van der Waals surface area contributed by atoms with Crippen LogP contribution in [-0.4, -0.2) is 14.5 Å². The van der Waals surface area contributed by atoms with E-state index in [2.05, 4.69) is 57.9 Å². The molecule has 5 aromatic rings. The van der Waals surface area contributed by atoms with Crippen molar-refractivity contribution in [2.45, 2.75) is 13.5 Å². The van der Waals surface area contributed by atoms with E-state index in [0.29, 0.717) is 0 Å². The molecule has 0 aliphatic heterocycles. The van der Waals surface area contributed by atoms with Gasteiger partial charge in [0.1, 0.15) is 10.0 Å². The zero-order valence-corrected chi connectivity index (χ0v) is 15.3. The molecule has 0 aliphatic carbocycles. The molecule has 0 saturated heterocycles. The van der Waals surface area contributed by atoms with Crippen molar-refractivity contribution in [2.24, 2.45) is 0 Å². The average molecular weight is 361 g/mol. The fraction of sp³-hybridized carbons (Fsp3) is 0.100. The summed E-state index contributed by atoms with van der Waals surface area (Å²) in [5.41, 5.74) is 4.90. The first kappa shape index (κ1) is 14.8. The lowest BCUT2D eigenvalue weighted by atomic mass is 10.1. The minimum Gasteiger partial charge on any atom is -0.341 e. The van der Waals surface area contributed by atoms with E-state index >= 15 is 0 Å². The van der Waals surface area contributed by atoms with Gasteiger partial charge in [-0.3, -0.25) is 0 Å². The maximum atomic E-state index is 4.46. The lowest BCUT2D eigenvalue weighted by molar-refractivity contribution is 0.827. The second-order valence-electron chi connectivity index (χ2n) is 5.88. The minimum atomic E-state index is 0.952. The van der Waals surface area contributed by atoms with E-state index in [1.807, 2.05) is 23.2 Å². The molecule has 0 bridgehead atoms. The summed E-state index contributed by atoms with van der Waals surface area (Å²) >= 11 is 3.35. The van der Waals surface area contributed by atoms with Crippen LogP contribution in [0.2, 0.25) is 0 Å². The van der Waals surface area contributed by atoms with Crippen LogP contribution in [0.15, 0.2) is 59.6 Å². The molecule has 2 aromatic carbocycles. The van der Waals surface area contributed by atoms with Gasteiger partial charge in [-0.25, -0.2) is 9.97 Å². The maximum Gasteiger partial charge on any atom is 0.123 e. The summed E-state index contributed by atoms with van der Waals surface area (Å²) < 4.78 is 2.38. The van der Waals surface area contributed by atoms with Crippen molar-refractivity contribution >= 4 is 44.5 Å². The second-order valence-corrected chi connectivity index (χ2v) is 7.67. The first-order valence-corrected chi connectivity index (χ1v) is 9.97.